The van der Waals surface area contributed by atoms with Gasteiger partial charge < -0.3 is 4.74 Å². The van der Waals surface area contributed by atoms with E-state index >= 15 is 0 Å². The first-order valence-corrected chi connectivity index (χ1v) is 11.9. The molecule has 0 unspecified atom stereocenters. The van der Waals surface area contributed by atoms with Gasteiger partial charge in [-0.15, -0.1) is 10.2 Å². The topological polar surface area (TPSA) is 119 Å². The SMILES string of the molecule is COc1ccc(C(=O)Nc2nnc(C)s2)cc1S(=O)(=O)N1C[C@@H](c2ccccc2)CC1=O. The predicted octanol–water partition coefficient (Wildman–Crippen LogP) is 2.81. The number of benzene rings is 2. The number of nitrogens with one attached hydrogen (secondary N) is 1. The van der Waals surface area contributed by atoms with E-state index in [2.05, 4.69) is 15.5 Å². The number of carbonyl (C=O) groups excluding carboxylic acids is 2. The minimum absolute atomic E-state index is 0.0226. The van der Waals surface area contributed by atoms with Crippen LogP contribution >= 0.6 is 11.3 Å². The Balaban J connectivity index is 1.64. The van der Waals surface area contributed by atoms with Crippen LogP contribution in [-0.4, -0.2) is 48.4 Å². The lowest BCUT2D eigenvalue weighted by Crippen LogP contribution is -2.32. The maximum atomic E-state index is 13.4. The first kappa shape index (κ1) is 21.9. The van der Waals surface area contributed by atoms with Crippen LogP contribution in [0.25, 0.3) is 0 Å². The first-order valence-electron chi connectivity index (χ1n) is 9.69. The first-order chi connectivity index (χ1) is 15.3. The van der Waals surface area contributed by atoms with E-state index in [0.29, 0.717) is 10.1 Å². The van der Waals surface area contributed by atoms with Crippen LogP contribution in [0.5, 0.6) is 5.75 Å². The minimum atomic E-state index is -4.24. The molecule has 2 heterocycles. The monoisotopic (exact) mass is 472 g/mol. The number of methoxy groups -OCH3 is 1. The van der Waals surface area contributed by atoms with Crippen LogP contribution in [0, 0.1) is 6.92 Å². The molecular formula is C21H20N4O5S2. The van der Waals surface area contributed by atoms with Crippen molar-refractivity contribution in [2.45, 2.75) is 24.2 Å². The number of hydrogen-bond acceptors (Lipinski definition) is 8. The van der Waals surface area contributed by atoms with Crippen molar-refractivity contribution in [3.05, 3.63) is 64.7 Å². The fourth-order valence-corrected chi connectivity index (χ4v) is 5.74. The van der Waals surface area contributed by atoms with Gasteiger partial charge in [0.25, 0.3) is 15.9 Å². The third-order valence-electron chi connectivity index (χ3n) is 5.10. The molecule has 1 saturated heterocycles. The van der Waals surface area contributed by atoms with Gasteiger partial charge in [-0.2, -0.15) is 0 Å². The molecule has 1 N–H and O–H groups in total. The zero-order valence-electron chi connectivity index (χ0n) is 17.3. The molecule has 1 aliphatic heterocycles. The van der Waals surface area contributed by atoms with Crippen LogP contribution in [0.2, 0.25) is 0 Å². The summed E-state index contributed by atoms with van der Waals surface area (Å²) in [5, 5.41) is 11.2. The molecule has 0 radical (unpaired) electrons. The van der Waals surface area contributed by atoms with Gasteiger partial charge in [0, 0.05) is 24.4 Å². The second-order valence-electron chi connectivity index (χ2n) is 7.19. The second kappa shape index (κ2) is 8.67. The fourth-order valence-electron chi connectivity index (χ4n) is 3.51. The third kappa shape index (κ3) is 4.21. The molecule has 1 aliphatic rings. The number of nitrogens with zero attached hydrogens (tertiary/aromatic N) is 3. The van der Waals surface area contributed by atoms with Gasteiger partial charge in [-0.25, -0.2) is 12.7 Å². The Labute approximate surface area is 189 Å². The Bertz CT molecular complexity index is 1270. The van der Waals surface area contributed by atoms with Crippen molar-refractivity contribution in [1.29, 1.82) is 0 Å². The zero-order valence-corrected chi connectivity index (χ0v) is 18.9. The summed E-state index contributed by atoms with van der Waals surface area (Å²) in [6.07, 6.45) is 0.0855. The third-order valence-corrected chi connectivity index (χ3v) is 7.66. The number of ether oxygens (including phenoxy) is 1. The van der Waals surface area contributed by atoms with E-state index in [1.807, 2.05) is 30.3 Å². The van der Waals surface area contributed by atoms with Gasteiger partial charge in [0.05, 0.1) is 7.11 Å². The molecule has 1 fully saturated rings. The summed E-state index contributed by atoms with van der Waals surface area (Å²) >= 11 is 1.20. The number of carbonyl (C=O) groups is 2. The van der Waals surface area contributed by atoms with Crippen molar-refractivity contribution in [3.8, 4) is 5.75 Å². The summed E-state index contributed by atoms with van der Waals surface area (Å²) in [7, 11) is -2.91. The summed E-state index contributed by atoms with van der Waals surface area (Å²) in [6.45, 7) is 1.77. The van der Waals surface area contributed by atoms with Crippen LogP contribution in [-0.2, 0) is 14.8 Å². The smallest absolute Gasteiger partial charge is 0.270 e. The number of rotatable bonds is 6. The van der Waals surface area contributed by atoms with Crippen LogP contribution in [0.1, 0.15) is 33.3 Å². The lowest BCUT2D eigenvalue weighted by atomic mass is 9.99. The van der Waals surface area contributed by atoms with E-state index < -0.39 is 21.8 Å². The Hall–Kier alpha value is -3.31. The predicted molar refractivity (Wildman–Crippen MR) is 118 cm³/mol. The molecular weight excluding hydrogens is 452 g/mol. The molecule has 9 nitrogen and oxygen atoms in total. The highest BCUT2D eigenvalue weighted by atomic mass is 32.2. The summed E-state index contributed by atoms with van der Waals surface area (Å²) in [5.74, 6) is -1.24. The summed E-state index contributed by atoms with van der Waals surface area (Å²) in [5.41, 5.74) is 0.981. The summed E-state index contributed by atoms with van der Waals surface area (Å²) < 4.78 is 32.9. The van der Waals surface area contributed by atoms with E-state index in [-0.39, 0.29) is 35.1 Å². The molecule has 0 spiro atoms. The van der Waals surface area contributed by atoms with Crippen molar-refractivity contribution in [2.24, 2.45) is 0 Å². The normalized spacial score (nSPS) is 16.2. The van der Waals surface area contributed by atoms with E-state index in [9.17, 15) is 18.0 Å². The number of hydrogen-bond donors (Lipinski definition) is 1. The zero-order chi connectivity index (χ0) is 22.9. The molecule has 0 aliphatic carbocycles. The maximum absolute atomic E-state index is 13.4. The van der Waals surface area contributed by atoms with Crippen LogP contribution < -0.4 is 10.1 Å². The standard InChI is InChI=1S/C21H20N4O5S2/c1-13-23-24-21(31-13)22-20(27)15-8-9-17(30-2)18(10-15)32(28,29)25-12-16(11-19(25)26)14-6-4-3-5-7-14/h3-10,16H,11-12H2,1-2H3,(H,22,24,27)/t16-/m0/s1. The largest absolute Gasteiger partial charge is 0.495 e. The molecule has 32 heavy (non-hydrogen) atoms. The molecule has 166 valence electrons. The van der Waals surface area contributed by atoms with Gasteiger partial charge in [0.2, 0.25) is 11.0 Å². The van der Waals surface area contributed by atoms with Gasteiger partial charge in [-0.3, -0.25) is 14.9 Å². The maximum Gasteiger partial charge on any atom is 0.270 e. The van der Waals surface area contributed by atoms with Crippen LogP contribution in [0.4, 0.5) is 5.13 Å². The van der Waals surface area contributed by atoms with Crippen LogP contribution in [0.15, 0.2) is 53.4 Å². The molecule has 3 aromatic rings. The van der Waals surface area contributed by atoms with Gasteiger partial charge in [-0.1, -0.05) is 41.7 Å². The summed E-state index contributed by atoms with van der Waals surface area (Å²) in [4.78, 5) is 25.0. The Morgan fingerprint density at radius 1 is 1.19 bits per heavy atom. The summed E-state index contributed by atoms with van der Waals surface area (Å²) in [6, 6.07) is 13.3. The molecule has 11 heteroatoms. The molecule has 0 saturated carbocycles. The molecule has 4 rings (SSSR count). The van der Waals surface area contributed by atoms with Crippen molar-refractivity contribution in [1.82, 2.24) is 14.5 Å². The van der Waals surface area contributed by atoms with Crippen molar-refractivity contribution >= 4 is 38.3 Å². The van der Waals surface area contributed by atoms with Crippen molar-refractivity contribution in [2.75, 3.05) is 19.0 Å². The number of aryl methyl sites for hydroxylation is 1. The van der Waals surface area contributed by atoms with E-state index in [1.54, 1.807) is 6.92 Å². The Morgan fingerprint density at radius 2 is 1.94 bits per heavy atom. The minimum Gasteiger partial charge on any atom is -0.495 e. The van der Waals surface area contributed by atoms with Crippen molar-refractivity contribution in [3.63, 3.8) is 0 Å². The second-order valence-corrected chi connectivity index (χ2v) is 10.2. The fraction of sp³-hybridized carbons (Fsp3) is 0.238. The van der Waals surface area contributed by atoms with E-state index in [4.69, 9.17) is 4.74 Å². The Kier molecular flexibility index (Phi) is 5.94. The molecule has 2 amide bonds. The van der Waals surface area contributed by atoms with Gasteiger partial charge in [0.15, 0.2) is 0 Å². The highest BCUT2D eigenvalue weighted by Gasteiger charge is 2.40. The Morgan fingerprint density at radius 3 is 2.59 bits per heavy atom. The molecule has 2 aromatic carbocycles. The highest BCUT2D eigenvalue weighted by molar-refractivity contribution is 7.89. The van der Waals surface area contributed by atoms with Crippen molar-refractivity contribution < 1.29 is 22.7 Å². The number of amides is 2. The molecule has 1 atom stereocenters. The molecule has 1 aromatic heterocycles. The van der Waals surface area contributed by atoms with E-state index in [0.717, 1.165) is 9.87 Å². The average molecular weight is 473 g/mol. The number of anilines is 1. The number of aromatic nitrogens is 2. The highest BCUT2D eigenvalue weighted by Crippen LogP contribution is 2.35. The van der Waals surface area contributed by atoms with E-state index in [1.165, 1.54) is 36.6 Å². The van der Waals surface area contributed by atoms with Gasteiger partial charge in [-0.05, 0) is 30.7 Å². The number of sulfonamides is 1. The van der Waals surface area contributed by atoms with Gasteiger partial charge in [0.1, 0.15) is 15.7 Å². The molecule has 0 bridgehead atoms. The van der Waals surface area contributed by atoms with Gasteiger partial charge >= 0.3 is 0 Å². The quantitative estimate of drug-likeness (QED) is 0.586. The van der Waals surface area contributed by atoms with Crippen LogP contribution in [0.3, 0.4) is 0 Å². The lowest BCUT2D eigenvalue weighted by Gasteiger charge is -2.19. The lowest BCUT2D eigenvalue weighted by molar-refractivity contribution is -0.123. The average Bonchev–Trinajstić information content (AvgIpc) is 3.39.